The summed E-state index contributed by atoms with van der Waals surface area (Å²) in [6, 6.07) is 8.79. The molecule has 3 atom stereocenters. The summed E-state index contributed by atoms with van der Waals surface area (Å²) < 4.78 is 38.8. The molecule has 1 aromatic carbocycles. The van der Waals surface area contributed by atoms with Gasteiger partial charge in [-0.25, -0.2) is 0 Å². The van der Waals surface area contributed by atoms with E-state index in [1.54, 1.807) is 4.90 Å². The minimum absolute atomic E-state index is 0.0221. The van der Waals surface area contributed by atoms with Crippen LogP contribution in [-0.4, -0.2) is 64.4 Å². The number of carbonyl (C=O) groups is 2. The quantitative estimate of drug-likeness (QED) is 0.791. The van der Waals surface area contributed by atoms with Gasteiger partial charge in [0.2, 0.25) is 5.91 Å². The summed E-state index contributed by atoms with van der Waals surface area (Å²) >= 11 is 0. The normalized spacial score (nSPS) is 28.6. The number of hydrogen-bond acceptors (Lipinski definition) is 3. The van der Waals surface area contributed by atoms with Crippen LogP contribution in [0.2, 0.25) is 0 Å². The first kappa shape index (κ1) is 18.3. The topological polar surface area (TPSA) is 43.9 Å². The van der Waals surface area contributed by atoms with Gasteiger partial charge in [-0.05, 0) is 31.2 Å². The molecule has 3 aliphatic heterocycles. The van der Waals surface area contributed by atoms with Gasteiger partial charge in [-0.3, -0.25) is 14.5 Å². The molecule has 5 nitrogen and oxygen atoms in total. The fraction of sp³-hybridized carbons (Fsp3) is 0.579. The first-order valence-corrected chi connectivity index (χ1v) is 9.37. The van der Waals surface area contributed by atoms with Crippen LogP contribution in [0.5, 0.6) is 0 Å². The first-order chi connectivity index (χ1) is 12.9. The Morgan fingerprint density at radius 1 is 0.963 bits per heavy atom. The Morgan fingerprint density at radius 2 is 1.67 bits per heavy atom. The minimum Gasteiger partial charge on any atom is -0.323 e. The number of hydrogen-bond donors (Lipinski definition) is 0. The standard InChI is InChI=1S/C19H22F3N3O2/c20-19(21,22)18(27)24-11-5-9-15(24)17(26)25-12-14-8-4-10-23(14)16(25)13-6-2-1-3-7-13/h1-3,6-7,14-16H,4-5,8-12H2. The number of halogens is 3. The maximum atomic E-state index is 13.2. The lowest BCUT2D eigenvalue weighted by atomic mass is 10.1. The van der Waals surface area contributed by atoms with E-state index < -0.39 is 18.1 Å². The van der Waals surface area contributed by atoms with Crippen molar-refractivity contribution in [1.29, 1.82) is 0 Å². The third kappa shape index (κ3) is 3.20. The molecule has 0 N–H and O–H groups in total. The van der Waals surface area contributed by atoms with Gasteiger partial charge in [0, 0.05) is 25.7 Å². The van der Waals surface area contributed by atoms with Crippen LogP contribution in [0.25, 0.3) is 0 Å². The predicted octanol–water partition coefficient (Wildman–Crippen LogP) is 2.55. The molecule has 27 heavy (non-hydrogen) atoms. The van der Waals surface area contributed by atoms with Gasteiger partial charge in [-0.2, -0.15) is 13.2 Å². The van der Waals surface area contributed by atoms with Crippen LogP contribution in [0.3, 0.4) is 0 Å². The lowest BCUT2D eigenvalue weighted by Crippen LogP contribution is -2.51. The highest BCUT2D eigenvalue weighted by molar-refractivity contribution is 5.90. The molecule has 1 aromatic rings. The van der Waals surface area contributed by atoms with E-state index in [-0.39, 0.29) is 31.1 Å². The number of likely N-dealkylation sites (tertiary alicyclic amines) is 1. The van der Waals surface area contributed by atoms with Crippen molar-refractivity contribution in [3.05, 3.63) is 35.9 Å². The van der Waals surface area contributed by atoms with E-state index in [4.69, 9.17) is 0 Å². The van der Waals surface area contributed by atoms with Crippen molar-refractivity contribution in [2.24, 2.45) is 0 Å². The lowest BCUT2D eigenvalue weighted by molar-refractivity contribution is -0.187. The molecule has 3 unspecified atom stereocenters. The molecule has 146 valence electrons. The number of amides is 2. The second-order valence-corrected chi connectivity index (χ2v) is 7.46. The van der Waals surface area contributed by atoms with Crippen molar-refractivity contribution >= 4 is 11.8 Å². The van der Waals surface area contributed by atoms with Gasteiger partial charge in [0.05, 0.1) is 0 Å². The molecular weight excluding hydrogens is 359 g/mol. The van der Waals surface area contributed by atoms with Gasteiger partial charge in [-0.1, -0.05) is 30.3 Å². The van der Waals surface area contributed by atoms with E-state index in [2.05, 4.69) is 4.90 Å². The third-order valence-corrected chi connectivity index (χ3v) is 5.86. The van der Waals surface area contributed by atoms with Crippen molar-refractivity contribution in [2.45, 2.75) is 50.1 Å². The molecule has 2 amide bonds. The largest absolute Gasteiger partial charge is 0.471 e. The molecule has 0 aromatic heterocycles. The van der Waals surface area contributed by atoms with Gasteiger partial charge in [0.1, 0.15) is 12.2 Å². The van der Waals surface area contributed by atoms with Gasteiger partial charge >= 0.3 is 12.1 Å². The summed E-state index contributed by atoms with van der Waals surface area (Å²) in [5.41, 5.74) is 0.960. The number of nitrogens with zero attached hydrogens (tertiary/aromatic N) is 3. The molecule has 0 spiro atoms. The molecule has 3 saturated heterocycles. The van der Waals surface area contributed by atoms with Crippen molar-refractivity contribution in [3.8, 4) is 0 Å². The maximum Gasteiger partial charge on any atom is 0.471 e. The Morgan fingerprint density at radius 3 is 2.37 bits per heavy atom. The minimum atomic E-state index is -4.95. The Kier molecular flexibility index (Phi) is 4.61. The zero-order valence-corrected chi connectivity index (χ0v) is 14.9. The van der Waals surface area contributed by atoms with Crippen LogP contribution in [0.1, 0.15) is 37.4 Å². The number of carbonyl (C=O) groups excluding carboxylic acids is 2. The summed E-state index contributed by atoms with van der Waals surface area (Å²) in [5, 5.41) is 0. The molecule has 0 saturated carbocycles. The zero-order valence-electron chi connectivity index (χ0n) is 14.9. The highest BCUT2D eigenvalue weighted by atomic mass is 19.4. The smallest absolute Gasteiger partial charge is 0.323 e. The van der Waals surface area contributed by atoms with E-state index in [0.717, 1.165) is 24.9 Å². The Bertz CT molecular complexity index is 725. The summed E-state index contributed by atoms with van der Waals surface area (Å²) in [6.07, 6.45) is -2.50. The molecule has 4 rings (SSSR count). The van der Waals surface area contributed by atoms with Gasteiger partial charge in [0.25, 0.3) is 0 Å². The van der Waals surface area contributed by atoms with Crippen LogP contribution in [-0.2, 0) is 9.59 Å². The van der Waals surface area contributed by atoms with E-state index in [9.17, 15) is 22.8 Å². The van der Waals surface area contributed by atoms with E-state index in [1.807, 2.05) is 30.3 Å². The van der Waals surface area contributed by atoms with E-state index >= 15 is 0 Å². The average molecular weight is 381 g/mol. The Hall–Kier alpha value is -2.09. The molecule has 0 bridgehead atoms. The van der Waals surface area contributed by atoms with Crippen molar-refractivity contribution in [2.75, 3.05) is 19.6 Å². The number of fused-ring (bicyclic) bond motifs is 1. The first-order valence-electron chi connectivity index (χ1n) is 9.37. The summed E-state index contributed by atoms with van der Waals surface area (Å²) in [6.45, 7) is 1.35. The summed E-state index contributed by atoms with van der Waals surface area (Å²) in [4.78, 5) is 29.7. The van der Waals surface area contributed by atoms with Crippen LogP contribution in [0.4, 0.5) is 13.2 Å². The zero-order chi connectivity index (χ0) is 19.2. The van der Waals surface area contributed by atoms with Crippen molar-refractivity contribution < 1.29 is 22.8 Å². The van der Waals surface area contributed by atoms with E-state index in [1.165, 1.54) is 0 Å². The highest BCUT2D eigenvalue weighted by Gasteiger charge is 2.51. The fourth-order valence-electron chi connectivity index (χ4n) is 4.71. The number of benzene rings is 1. The third-order valence-electron chi connectivity index (χ3n) is 5.86. The van der Waals surface area contributed by atoms with E-state index in [0.29, 0.717) is 17.9 Å². The van der Waals surface area contributed by atoms with Gasteiger partial charge in [-0.15, -0.1) is 0 Å². The van der Waals surface area contributed by atoms with Gasteiger partial charge in [0.15, 0.2) is 0 Å². The predicted molar refractivity (Wildman–Crippen MR) is 91.4 cm³/mol. The molecule has 3 fully saturated rings. The SMILES string of the molecule is O=C(C1CCCN1C(=O)C(F)(F)F)N1CC2CCCN2C1c1ccccc1. The molecule has 3 aliphatic rings. The molecule has 8 heteroatoms. The van der Waals surface area contributed by atoms with Crippen molar-refractivity contribution in [1.82, 2.24) is 14.7 Å². The van der Waals surface area contributed by atoms with Gasteiger partial charge < -0.3 is 9.80 Å². The van der Waals surface area contributed by atoms with Crippen LogP contribution < -0.4 is 0 Å². The number of alkyl halides is 3. The molecular formula is C19H22F3N3O2. The molecule has 0 radical (unpaired) electrons. The second kappa shape index (κ2) is 6.82. The fourth-order valence-corrected chi connectivity index (χ4v) is 4.71. The molecule has 0 aliphatic carbocycles. The Balaban J connectivity index is 1.61. The van der Waals surface area contributed by atoms with Crippen LogP contribution in [0.15, 0.2) is 30.3 Å². The maximum absolute atomic E-state index is 13.2. The Labute approximate surface area is 155 Å². The average Bonchev–Trinajstić information content (AvgIpc) is 3.35. The van der Waals surface area contributed by atoms with Crippen LogP contribution >= 0.6 is 0 Å². The van der Waals surface area contributed by atoms with Crippen LogP contribution in [0, 0.1) is 0 Å². The lowest BCUT2D eigenvalue weighted by Gasteiger charge is -2.34. The number of rotatable bonds is 2. The monoisotopic (exact) mass is 381 g/mol. The summed E-state index contributed by atoms with van der Waals surface area (Å²) in [5.74, 6) is -2.28. The highest BCUT2D eigenvalue weighted by Crippen LogP contribution is 2.40. The molecule has 3 heterocycles. The summed E-state index contributed by atoms with van der Waals surface area (Å²) in [7, 11) is 0. The second-order valence-electron chi connectivity index (χ2n) is 7.46. The van der Waals surface area contributed by atoms with Crippen molar-refractivity contribution in [3.63, 3.8) is 0 Å².